The van der Waals surface area contributed by atoms with Gasteiger partial charge in [-0.3, -0.25) is 4.79 Å². The molecule has 2 N–H and O–H groups in total. The van der Waals surface area contributed by atoms with E-state index >= 15 is 0 Å². The average Bonchev–Trinajstić information content (AvgIpc) is 3.24. The monoisotopic (exact) mass is 391 g/mol. The molecule has 3 heterocycles. The fourth-order valence-corrected chi connectivity index (χ4v) is 4.25. The van der Waals surface area contributed by atoms with Gasteiger partial charge in [-0.05, 0) is 24.8 Å². The van der Waals surface area contributed by atoms with Crippen LogP contribution in [0.4, 0.5) is 0 Å². The Kier molecular flexibility index (Phi) is 5.41. The SMILES string of the molecule is CCCc1cc2c(c(=O)n1CC1CCCO1)C(c1ccccc1)C(C#N)=C(N)O2. The number of pyridine rings is 1. The van der Waals surface area contributed by atoms with Crippen LogP contribution in [0, 0.1) is 11.3 Å². The fourth-order valence-electron chi connectivity index (χ4n) is 4.25. The van der Waals surface area contributed by atoms with Gasteiger partial charge in [0.1, 0.15) is 17.4 Å². The van der Waals surface area contributed by atoms with Gasteiger partial charge >= 0.3 is 0 Å². The smallest absolute Gasteiger partial charge is 0.258 e. The van der Waals surface area contributed by atoms with Crippen LogP contribution in [0.15, 0.2) is 52.6 Å². The van der Waals surface area contributed by atoms with Gasteiger partial charge in [-0.15, -0.1) is 0 Å². The maximum Gasteiger partial charge on any atom is 0.258 e. The van der Waals surface area contributed by atoms with E-state index in [1.807, 2.05) is 41.0 Å². The van der Waals surface area contributed by atoms with Crippen molar-refractivity contribution in [3.63, 3.8) is 0 Å². The molecule has 0 amide bonds. The Morgan fingerprint density at radius 3 is 2.76 bits per heavy atom. The molecule has 0 saturated carbocycles. The normalized spacial score (nSPS) is 20.8. The van der Waals surface area contributed by atoms with E-state index in [2.05, 4.69) is 13.0 Å². The lowest BCUT2D eigenvalue weighted by atomic mass is 9.84. The minimum Gasteiger partial charge on any atom is -0.440 e. The minimum absolute atomic E-state index is 0.0390. The Morgan fingerprint density at radius 2 is 2.10 bits per heavy atom. The second-order valence-corrected chi connectivity index (χ2v) is 7.55. The van der Waals surface area contributed by atoms with Crippen molar-refractivity contribution in [2.24, 2.45) is 5.73 Å². The van der Waals surface area contributed by atoms with Crippen LogP contribution in [0.5, 0.6) is 5.75 Å². The molecule has 2 aliphatic heterocycles. The molecule has 6 heteroatoms. The first-order valence-corrected chi connectivity index (χ1v) is 10.1. The molecule has 2 unspecified atom stereocenters. The van der Waals surface area contributed by atoms with E-state index in [9.17, 15) is 10.1 Å². The third kappa shape index (κ3) is 3.54. The van der Waals surface area contributed by atoms with Crippen molar-refractivity contribution in [3.8, 4) is 11.8 Å². The third-order valence-corrected chi connectivity index (χ3v) is 5.62. The molecule has 150 valence electrons. The first kappa shape index (κ1) is 19.3. The second-order valence-electron chi connectivity index (χ2n) is 7.55. The molecular weight excluding hydrogens is 366 g/mol. The number of hydrogen-bond donors (Lipinski definition) is 1. The van der Waals surface area contributed by atoms with Crippen molar-refractivity contribution >= 4 is 0 Å². The Hall–Kier alpha value is -3.04. The number of benzene rings is 1. The molecule has 0 radical (unpaired) electrons. The maximum atomic E-state index is 13.7. The van der Waals surface area contributed by atoms with Crippen molar-refractivity contribution in [1.29, 1.82) is 5.26 Å². The largest absolute Gasteiger partial charge is 0.440 e. The molecular formula is C23H25N3O3. The predicted molar refractivity (Wildman–Crippen MR) is 109 cm³/mol. The number of aryl methyl sites for hydroxylation is 1. The van der Waals surface area contributed by atoms with Crippen molar-refractivity contribution < 1.29 is 9.47 Å². The summed E-state index contributed by atoms with van der Waals surface area (Å²) in [4.78, 5) is 13.7. The van der Waals surface area contributed by atoms with Crippen LogP contribution in [-0.2, 0) is 17.7 Å². The van der Waals surface area contributed by atoms with E-state index in [1.54, 1.807) is 0 Å². The van der Waals surface area contributed by atoms with Crippen LogP contribution in [0.3, 0.4) is 0 Å². The highest BCUT2D eigenvalue weighted by molar-refractivity contribution is 5.55. The van der Waals surface area contributed by atoms with Crippen molar-refractivity contribution in [3.05, 3.63) is 75.0 Å². The minimum atomic E-state index is -0.538. The van der Waals surface area contributed by atoms with Crippen molar-refractivity contribution in [1.82, 2.24) is 4.57 Å². The molecule has 1 saturated heterocycles. The zero-order valence-electron chi connectivity index (χ0n) is 16.6. The van der Waals surface area contributed by atoms with Crippen molar-refractivity contribution in [2.75, 3.05) is 6.61 Å². The van der Waals surface area contributed by atoms with Crippen LogP contribution in [-0.4, -0.2) is 17.3 Å². The zero-order chi connectivity index (χ0) is 20.4. The first-order valence-electron chi connectivity index (χ1n) is 10.1. The molecule has 2 aliphatic rings. The van der Waals surface area contributed by atoms with Crippen LogP contribution >= 0.6 is 0 Å². The summed E-state index contributed by atoms with van der Waals surface area (Å²) in [6.07, 6.45) is 3.66. The van der Waals surface area contributed by atoms with E-state index < -0.39 is 5.92 Å². The standard InChI is InChI=1S/C23H25N3O3/c1-2-7-16-12-19-21(23(27)26(16)14-17-10-6-11-28-17)20(15-8-4-3-5-9-15)18(13-24)22(25)29-19/h3-5,8-9,12,17,20H,2,6-7,10-11,14,25H2,1H3. The molecule has 1 aromatic carbocycles. The molecule has 2 atom stereocenters. The molecule has 1 aromatic heterocycles. The molecule has 29 heavy (non-hydrogen) atoms. The van der Waals surface area contributed by atoms with E-state index in [0.717, 1.165) is 43.5 Å². The third-order valence-electron chi connectivity index (χ3n) is 5.62. The quantitative estimate of drug-likeness (QED) is 0.845. The summed E-state index contributed by atoms with van der Waals surface area (Å²) in [5, 5.41) is 9.75. The van der Waals surface area contributed by atoms with Crippen LogP contribution in [0.1, 0.15) is 48.9 Å². The van der Waals surface area contributed by atoms with Gasteiger partial charge in [0.2, 0.25) is 5.88 Å². The number of fused-ring (bicyclic) bond motifs is 1. The Labute approximate surface area is 170 Å². The average molecular weight is 391 g/mol. The fraction of sp³-hybridized carbons (Fsp3) is 0.391. The lowest BCUT2D eigenvalue weighted by Crippen LogP contribution is -2.35. The van der Waals surface area contributed by atoms with Gasteiger partial charge in [0.25, 0.3) is 5.56 Å². The number of nitrogens with zero attached hydrogens (tertiary/aromatic N) is 2. The number of nitrogens with two attached hydrogens (primary N) is 1. The van der Waals surface area contributed by atoms with E-state index in [4.69, 9.17) is 15.2 Å². The van der Waals surface area contributed by atoms with Crippen LogP contribution < -0.4 is 16.0 Å². The summed E-state index contributed by atoms with van der Waals surface area (Å²) in [6.45, 7) is 3.33. The summed E-state index contributed by atoms with van der Waals surface area (Å²) in [5.41, 5.74) is 8.45. The molecule has 0 aliphatic carbocycles. The number of rotatable bonds is 5. The number of hydrogen-bond acceptors (Lipinski definition) is 5. The van der Waals surface area contributed by atoms with E-state index in [-0.39, 0.29) is 23.1 Å². The van der Waals surface area contributed by atoms with Gasteiger partial charge in [0, 0.05) is 18.4 Å². The molecule has 6 nitrogen and oxygen atoms in total. The maximum absolute atomic E-state index is 13.7. The topological polar surface area (TPSA) is 90.3 Å². The highest BCUT2D eigenvalue weighted by Gasteiger charge is 2.35. The number of ether oxygens (including phenoxy) is 2. The summed E-state index contributed by atoms with van der Waals surface area (Å²) in [7, 11) is 0. The lowest BCUT2D eigenvalue weighted by Gasteiger charge is -2.28. The Morgan fingerprint density at radius 1 is 1.31 bits per heavy atom. The second kappa shape index (κ2) is 8.14. The van der Waals surface area contributed by atoms with Gasteiger partial charge in [0.05, 0.1) is 24.1 Å². The Balaban J connectivity index is 1.91. The van der Waals surface area contributed by atoms with E-state index in [1.165, 1.54) is 0 Å². The molecule has 2 aromatic rings. The first-order chi connectivity index (χ1) is 14.1. The molecule has 0 spiro atoms. The van der Waals surface area contributed by atoms with Gasteiger partial charge in [-0.2, -0.15) is 5.26 Å². The predicted octanol–water partition coefficient (Wildman–Crippen LogP) is 3.20. The van der Waals surface area contributed by atoms with Gasteiger partial charge in [-0.25, -0.2) is 0 Å². The van der Waals surface area contributed by atoms with Crippen LogP contribution in [0.25, 0.3) is 0 Å². The van der Waals surface area contributed by atoms with E-state index in [0.29, 0.717) is 17.9 Å². The zero-order valence-corrected chi connectivity index (χ0v) is 16.6. The highest BCUT2D eigenvalue weighted by atomic mass is 16.5. The van der Waals surface area contributed by atoms with Crippen LogP contribution in [0.2, 0.25) is 0 Å². The summed E-state index contributed by atoms with van der Waals surface area (Å²) in [5.74, 6) is -0.0242. The lowest BCUT2D eigenvalue weighted by molar-refractivity contribution is 0.0952. The number of aromatic nitrogens is 1. The van der Waals surface area contributed by atoms with Crippen molar-refractivity contribution in [2.45, 2.75) is 51.2 Å². The summed E-state index contributed by atoms with van der Waals surface area (Å²) < 4.78 is 13.4. The summed E-state index contributed by atoms with van der Waals surface area (Å²) >= 11 is 0. The van der Waals surface area contributed by atoms with Gasteiger partial charge in [0.15, 0.2) is 0 Å². The van der Waals surface area contributed by atoms with Gasteiger partial charge < -0.3 is 19.8 Å². The number of nitriles is 1. The molecule has 4 rings (SSSR count). The Bertz CT molecular complexity index is 1030. The molecule has 1 fully saturated rings. The van der Waals surface area contributed by atoms with Gasteiger partial charge in [-0.1, -0.05) is 43.7 Å². The number of allylic oxidation sites excluding steroid dienone is 1. The summed E-state index contributed by atoms with van der Waals surface area (Å²) in [6, 6.07) is 13.6. The highest BCUT2D eigenvalue weighted by Crippen LogP contribution is 2.40. The molecule has 0 bridgehead atoms.